The lowest BCUT2D eigenvalue weighted by Gasteiger charge is -2.24. The molecule has 20 heavy (non-hydrogen) atoms. The van der Waals surface area contributed by atoms with Crippen LogP contribution >= 0.6 is 0 Å². The van der Waals surface area contributed by atoms with Crippen LogP contribution in [0.1, 0.15) is 26.7 Å². The van der Waals surface area contributed by atoms with Crippen LogP contribution in [0.25, 0.3) is 0 Å². The zero-order chi connectivity index (χ0) is 14.9. The Labute approximate surface area is 120 Å². The molecule has 112 valence electrons. The molecule has 1 aromatic rings. The highest BCUT2D eigenvalue weighted by atomic mass is 32.2. The molecule has 0 heterocycles. The number of ether oxygens (including phenoxy) is 1. The Bertz CT molecular complexity index is 580. The number of methoxy groups -OCH3 is 1. The maximum atomic E-state index is 12.9. The number of sulfonamides is 1. The molecule has 0 aliphatic heterocycles. The second kappa shape index (κ2) is 5.61. The second-order valence-corrected chi connectivity index (χ2v) is 7.47. The van der Waals surface area contributed by atoms with Crippen molar-refractivity contribution in [1.82, 2.24) is 4.31 Å². The molecule has 6 heteroatoms. The van der Waals surface area contributed by atoms with Gasteiger partial charge in [-0.2, -0.15) is 4.31 Å². The molecule has 1 saturated carbocycles. The highest BCUT2D eigenvalue weighted by Crippen LogP contribution is 2.36. The van der Waals surface area contributed by atoms with E-state index in [0.717, 1.165) is 12.8 Å². The van der Waals surface area contributed by atoms with Crippen LogP contribution in [-0.4, -0.2) is 32.4 Å². The van der Waals surface area contributed by atoms with Crippen molar-refractivity contribution in [1.29, 1.82) is 0 Å². The van der Waals surface area contributed by atoms with E-state index >= 15 is 0 Å². The molecule has 0 unspecified atom stereocenters. The number of nitrogen functional groups attached to an aromatic ring is 1. The third-order valence-corrected chi connectivity index (χ3v) is 5.21. The summed E-state index contributed by atoms with van der Waals surface area (Å²) in [7, 11) is -2.10. The van der Waals surface area contributed by atoms with Crippen molar-refractivity contribution in [2.75, 3.05) is 19.4 Å². The molecule has 5 nitrogen and oxygen atoms in total. The Kier molecular flexibility index (Phi) is 4.25. The van der Waals surface area contributed by atoms with Gasteiger partial charge in [-0.25, -0.2) is 8.42 Å². The molecule has 0 atom stereocenters. The maximum Gasteiger partial charge on any atom is 0.247 e. The van der Waals surface area contributed by atoms with E-state index in [-0.39, 0.29) is 16.9 Å². The maximum absolute atomic E-state index is 12.9. The molecule has 0 aromatic heterocycles. The first-order chi connectivity index (χ1) is 9.36. The Morgan fingerprint density at radius 1 is 1.40 bits per heavy atom. The quantitative estimate of drug-likeness (QED) is 0.816. The molecule has 1 aliphatic rings. The average molecular weight is 298 g/mol. The van der Waals surface area contributed by atoms with Crippen LogP contribution in [0.5, 0.6) is 5.75 Å². The van der Waals surface area contributed by atoms with E-state index in [9.17, 15) is 8.42 Å². The highest BCUT2D eigenvalue weighted by molar-refractivity contribution is 7.89. The SMILES string of the molecule is COc1ccc(N)cc1S(=O)(=O)N(CC(C)C)C1CC1. The van der Waals surface area contributed by atoms with Crippen LogP contribution in [0.2, 0.25) is 0 Å². The number of rotatable bonds is 6. The predicted molar refractivity (Wildman–Crippen MR) is 79.2 cm³/mol. The summed E-state index contributed by atoms with van der Waals surface area (Å²) >= 11 is 0. The van der Waals surface area contributed by atoms with E-state index in [4.69, 9.17) is 10.5 Å². The van der Waals surface area contributed by atoms with Crippen molar-refractivity contribution in [3.8, 4) is 5.75 Å². The summed E-state index contributed by atoms with van der Waals surface area (Å²) in [6, 6.07) is 4.84. The van der Waals surface area contributed by atoms with Gasteiger partial charge in [-0.3, -0.25) is 0 Å². The summed E-state index contributed by atoms with van der Waals surface area (Å²) in [5.74, 6) is 0.617. The summed E-state index contributed by atoms with van der Waals surface area (Å²) in [5, 5.41) is 0. The van der Waals surface area contributed by atoms with E-state index in [0.29, 0.717) is 18.0 Å². The Balaban J connectivity index is 2.44. The van der Waals surface area contributed by atoms with E-state index in [1.54, 1.807) is 16.4 Å². The van der Waals surface area contributed by atoms with Crippen LogP contribution in [0.4, 0.5) is 5.69 Å². The van der Waals surface area contributed by atoms with Gasteiger partial charge in [0.05, 0.1) is 7.11 Å². The van der Waals surface area contributed by atoms with Gasteiger partial charge in [0, 0.05) is 18.3 Å². The fourth-order valence-electron chi connectivity index (χ4n) is 2.19. The van der Waals surface area contributed by atoms with Crippen molar-refractivity contribution >= 4 is 15.7 Å². The van der Waals surface area contributed by atoms with Gasteiger partial charge in [-0.05, 0) is 37.0 Å². The smallest absolute Gasteiger partial charge is 0.247 e. The Hall–Kier alpha value is -1.27. The largest absolute Gasteiger partial charge is 0.495 e. The summed E-state index contributed by atoms with van der Waals surface area (Å²) in [6.07, 6.45) is 1.85. The second-order valence-electron chi connectivity index (χ2n) is 5.61. The topological polar surface area (TPSA) is 72.6 Å². The van der Waals surface area contributed by atoms with E-state index in [1.165, 1.54) is 13.2 Å². The molecule has 0 saturated heterocycles. The van der Waals surface area contributed by atoms with Gasteiger partial charge in [0.2, 0.25) is 10.0 Å². The zero-order valence-electron chi connectivity index (χ0n) is 12.2. The minimum atomic E-state index is -3.57. The molecular formula is C14H22N2O3S. The minimum absolute atomic E-state index is 0.119. The first kappa shape index (κ1) is 15.1. The molecule has 1 aromatic carbocycles. The number of hydrogen-bond acceptors (Lipinski definition) is 4. The first-order valence-corrected chi connectivity index (χ1v) is 8.25. The minimum Gasteiger partial charge on any atom is -0.495 e. The van der Waals surface area contributed by atoms with E-state index in [2.05, 4.69) is 0 Å². The van der Waals surface area contributed by atoms with Crippen LogP contribution < -0.4 is 10.5 Å². The van der Waals surface area contributed by atoms with E-state index < -0.39 is 10.0 Å². The van der Waals surface area contributed by atoms with Gasteiger partial charge in [-0.1, -0.05) is 13.8 Å². The lowest BCUT2D eigenvalue weighted by molar-refractivity contribution is 0.354. The van der Waals surface area contributed by atoms with Gasteiger partial charge in [-0.15, -0.1) is 0 Å². The van der Waals surface area contributed by atoms with Gasteiger partial charge >= 0.3 is 0 Å². The summed E-state index contributed by atoms with van der Waals surface area (Å²) < 4.78 is 32.5. The van der Waals surface area contributed by atoms with Gasteiger partial charge in [0.25, 0.3) is 0 Å². The first-order valence-electron chi connectivity index (χ1n) is 6.81. The van der Waals surface area contributed by atoms with Gasteiger partial charge in [0.1, 0.15) is 10.6 Å². The zero-order valence-corrected chi connectivity index (χ0v) is 13.0. The normalized spacial score (nSPS) is 15.8. The van der Waals surface area contributed by atoms with Gasteiger partial charge in [0.15, 0.2) is 0 Å². The number of nitrogens with zero attached hydrogens (tertiary/aromatic N) is 1. The Morgan fingerprint density at radius 3 is 2.55 bits per heavy atom. The molecule has 2 N–H and O–H groups in total. The molecule has 0 bridgehead atoms. The van der Waals surface area contributed by atoms with Crippen molar-refractivity contribution in [2.24, 2.45) is 5.92 Å². The Morgan fingerprint density at radius 2 is 2.05 bits per heavy atom. The van der Waals surface area contributed by atoms with Crippen LogP contribution in [0.15, 0.2) is 23.1 Å². The van der Waals surface area contributed by atoms with Crippen molar-refractivity contribution in [3.05, 3.63) is 18.2 Å². The van der Waals surface area contributed by atoms with Crippen LogP contribution in [0.3, 0.4) is 0 Å². The summed E-state index contributed by atoms with van der Waals surface area (Å²) in [4.78, 5) is 0.160. The van der Waals surface area contributed by atoms with E-state index in [1.807, 2.05) is 13.8 Å². The summed E-state index contributed by atoms with van der Waals surface area (Å²) in [5.41, 5.74) is 6.15. The third-order valence-electron chi connectivity index (χ3n) is 3.27. The lowest BCUT2D eigenvalue weighted by Crippen LogP contribution is -2.36. The van der Waals surface area contributed by atoms with Crippen molar-refractivity contribution in [2.45, 2.75) is 37.6 Å². The number of anilines is 1. The van der Waals surface area contributed by atoms with Crippen molar-refractivity contribution < 1.29 is 13.2 Å². The number of hydrogen-bond donors (Lipinski definition) is 1. The standard InChI is InChI=1S/C14H22N2O3S/c1-10(2)9-16(12-5-6-12)20(17,18)14-8-11(15)4-7-13(14)19-3/h4,7-8,10,12H,5-6,9,15H2,1-3H3. The van der Waals surface area contributed by atoms with Gasteiger partial charge < -0.3 is 10.5 Å². The lowest BCUT2D eigenvalue weighted by atomic mass is 10.2. The molecule has 1 aliphatic carbocycles. The summed E-state index contributed by atoms with van der Waals surface area (Å²) in [6.45, 7) is 4.55. The van der Waals surface area contributed by atoms with Crippen LogP contribution in [0, 0.1) is 5.92 Å². The molecule has 0 radical (unpaired) electrons. The molecule has 2 rings (SSSR count). The third kappa shape index (κ3) is 3.07. The fourth-order valence-corrected chi connectivity index (χ4v) is 4.23. The average Bonchev–Trinajstić information content (AvgIpc) is 3.19. The molecule has 0 spiro atoms. The molecular weight excluding hydrogens is 276 g/mol. The van der Waals surface area contributed by atoms with Crippen LogP contribution in [-0.2, 0) is 10.0 Å². The number of benzene rings is 1. The highest BCUT2D eigenvalue weighted by Gasteiger charge is 2.39. The predicted octanol–water partition coefficient (Wildman–Crippen LogP) is 2.09. The van der Waals surface area contributed by atoms with Crippen molar-refractivity contribution in [3.63, 3.8) is 0 Å². The number of nitrogens with two attached hydrogens (primary N) is 1. The monoisotopic (exact) mass is 298 g/mol. The molecule has 0 amide bonds. The molecule has 1 fully saturated rings. The fraction of sp³-hybridized carbons (Fsp3) is 0.571.